The third-order valence-corrected chi connectivity index (χ3v) is 3.44. The minimum Gasteiger partial charge on any atom is -0.472 e. The lowest BCUT2D eigenvalue weighted by Crippen LogP contribution is -2.23. The van der Waals surface area contributed by atoms with Crippen LogP contribution in [-0.4, -0.2) is 17.3 Å². The fourth-order valence-corrected chi connectivity index (χ4v) is 2.70. The zero-order valence-electron chi connectivity index (χ0n) is 7.93. The maximum absolute atomic E-state index is 10.1. The van der Waals surface area contributed by atoms with Crippen molar-refractivity contribution >= 4 is 0 Å². The summed E-state index contributed by atoms with van der Waals surface area (Å²) in [5.41, 5.74) is 0.881. The average Bonchev–Trinajstić information content (AvgIpc) is 2.93. The molecule has 1 N–H and O–H groups in total. The van der Waals surface area contributed by atoms with E-state index in [1.165, 1.54) is 6.42 Å². The third kappa shape index (κ3) is 1.20. The third-order valence-electron chi connectivity index (χ3n) is 3.44. The normalized spacial score (nSPS) is 37.6. The Morgan fingerprint density at radius 1 is 1.43 bits per heavy atom. The Kier molecular flexibility index (Phi) is 1.89. The highest BCUT2D eigenvalue weighted by atomic mass is 16.5. The molecule has 0 aliphatic carbocycles. The Labute approximate surface area is 82.7 Å². The number of furan rings is 1. The van der Waals surface area contributed by atoms with Gasteiger partial charge in [-0.2, -0.15) is 0 Å². The molecule has 4 unspecified atom stereocenters. The summed E-state index contributed by atoms with van der Waals surface area (Å²) in [7, 11) is 0. The van der Waals surface area contributed by atoms with Crippen molar-refractivity contribution in [1.29, 1.82) is 0 Å². The molecule has 1 aromatic heterocycles. The number of aliphatic hydroxyl groups excluding tert-OH is 1. The van der Waals surface area contributed by atoms with Crippen LogP contribution in [-0.2, 0) is 4.74 Å². The fraction of sp³-hybridized carbons (Fsp3) is 0.636. The summed E-state index contributed by atoms with van der Waals surface area (Å²) in [6.07, 6.45) is 6.74. The summed E-state index contributed by atoms with van der Waals surface area (Å²) in [5, 5.41) is 10.1. The summed E-state index contributed by atoms with van der Waals surface area (Å²) >= 11 is 0. The lowest BCUT2D eigenvalue weighted by atomic mass is 9.83. The van der Waals surface area contributed by atoms with Gasteiger partial charge in [-0.05, 0) is 25.3 Å². The molecule has 0 saturated carbocycles. The van der Waals surface area contributed by atoms with E-state index in [9.17, 15) is 5.11 Å². The van der Waals surface area contributed by atoms with Crippen LogP contribution in [0.4, 0.5) is 0 Å². The number of ether oxygens (including phenoxy) is 1. The number of hydrogen-bond acceptors (Lipinski definition) is 3. The van der Waals surface area contributed by atoms with Crippen molar-refractivity contribution in [2.24, 2.45) is 5.92 Å². The predicted octanol–water partition coefficient (Wildman–Crippen LogP) is 1.88. The van der Waals surface area contributed by atoms with Gasteiger partial charge in [-0.15, -0.1) is 0 Å². The van der Waals surface area contributed by atoms with Gasteiger partial charge in [-0.3, -0.25) is 0 Å². The second-order valence-corrected chi connectivity index (χ2v) is 4.27. The van der Waals surface area contributed by atoms with Crippen molar-refractivity contribution in [2.45, 2.75) is 37.6 Å². The van der Waals surface area contributed by atoms with E-state index in [1.807, 2.05) is 6.07 Å². The molecule has 3 rings (SSSR count). The molecule has 0 aromatic carbocycles. The topological polar surface area (TPSA) is 42.6 Å². The van der Waals surface area contributed by atoms with E-state index >= 15 is 0 Å². The first kappa shape index (κ1) is 8.50. The molecule has 2 fully saturated rings. The molecule has 76 valence electrons. The van der Waals surface area contributed by atoms with E-state index in [4.69, 9.17) is 9.15 Å². The van der Waals surface area contributed by atoms with E-state index in [0.29, 0.717) is 6.10 Å². The first-order valence-corrected chi connectivity index (χ1v) is 5.20. The van der Waals surface area contributed by atoms with Crippen LogP contribution in [0.1, 0.15) is 30.9 Å². The van der Waals surface area contributed by atoms with Gasteiger partial charge in [-0.25, -0.2) is 0 Å². The highest BCUT2D eigenvalue weighted by Crippen LogP contribution is 2.44. The van der Waals surface area contributed by atoms with Crippen LogP contribution >= 0.6 is 0 Å². The van der Waals surface area contributed by atoms with Gasteiger partial charge in [0.1, 0.15) is 0 Å². The molecule has 3 heteroatoms. The van der Waals surface area contributed by atoms with Crippen molar-refractivity contribution in [3.63, 3.8) is 0 Å². The Hall–Kier alpha value is -0.800. The summed E-state index contributed by atoms with van der Waals surface area (Å²) in [4.78, 5) is 0. The molecule has 3 nitrogen and oxygen atoms in total. The maximum atomic E-state index is 10.1. The van der Waals surface area contributed by atoms with Crippen LogP contribution in [0.25, 0.3) is 0 Å². The van der Waals surface area contributed by atoms with Crippen molar-refractivity contribution in [3.8, 4) is 0 Å². The Bertz CT molecular complexity index is 306. The average molecular weight is 194 g/mol. The monoisotopic (exact) mass is 194 g/mol. The lowest BCUT2D eigenvalue weighted by molar-refractivity contribution is 0.0420. The van der Waals surface area contributed by atoms with Gasteiger partial charge in [0, 0.05) is 11.5 Å². The number of aliphatic hydroxyl groups is 1. The molecule has 0 amide bonds. The van der Waals surface area contributed by atoms with Gasteiger partial charge in [0.15, 0.2) is 0 Å². The van der Waals surface area contributed by atoms with E-state index in [2.05, 4.69) is 0 Å². The van der Waals surface area contributed by atoms with Crippen LogP contribution in [0.15, 0.2) is 23.0 Å². The molecule has 4 atom stereocenters. The zero-order chi connectivity index (χ0) is 9.54. The molecule has 1 aromatic rings. The van der Waals surface area contributed by atoms with Crippen molar-refractivity contribution in [1.82, 2.24) is 0 Å². The van der Waals surface area contributed by atoms with Gasteiger partial charge in [-0.1, -0.05) is 0 Å². The Morgan fingerprint density at radius 3 is 2.93 bits per heavy atom. The van der Waals surface area contributed by atoms with Gasteiger partial charge < -0.3 is 14.3 Å². The summed E-state index contributed by atoms with van der Waals surface area (Å²) in [5.74, 6) is 0.270. The van der Waals surface area contributed by atoms with Gasteiger partial charge in [0.2, 0.25) is 0 Å². The number of rotatable bonds is 2. The predicted molar refractivity (Wildman–Crippen MR) is 49.7 cm³/mol. The van der Waals surface area contributed by atoms with Crippen molar-refractivity contribution < 1.29 is 14.3 Å². The van der Waals surface area contributed by atoms with Crippen LogP contribution < -0.4 is 0 Å². The lowest BCUT2D eigenvalue weighted by Gasteiger charge is -2.23. The molecule has 2 aliphatic rings. The molecular formula is C11H14O3. The summed E-state index contributed by atoms with van der Waals surface area (Å²) in [6, 6.07) is 1.83. The SMILES string of the molecule is OC(c1ccoc1)C1CC2CCC1O2. The summed E-state index contributed by atoms with van der Waals surface area (Å²) in [6.45, 7) is 0. The fourth-order valence-electron chi connectivity index (χ4n) is 2.70. The van der Waals surface area contributed by atoms with Gasteiger partial charge in [0.05, 0.1) is 30.8 Å². The van der Waals surface area contributed by atoms with Gasteiger partial charge >= 0.3 is 0 Å². The van der Waals surface area contributed by atoms with Crippen LogP contribution in [0.5, 0.6) is 0 Å². The van der Waals surface area contributed by atoms with Crippen LogP contribution in [0.3, 0.4) is 0 Å². The minimum atomic E-state index is -0.413. The first-order chi connectivity index (χ1) is 6.84. The molecule has 3 heterocycles. The number of fused-ring (bicyclic) bond motifs is 2. The zero-order valence-corrected chi connectivity index (χ0v) is 7.93. The number of hydrogen-bond donors (Lipinski definition) is 1. The molecule has 2 aliphatic heterocycles. The molecule has 0 spiro atoms. The molecule has 0 radical (unpaired) electrons. The van der Waals surface area contributed by atoms with Gasteiger partial charge in [0.25, 0.3) is 0 Å². The Morgan fingerprint density at radius 2 is 2.36 bits per heavy atom. The minimum absolute atomic E-state index is 0.268. The van der Waals surface area contributed by atoms with E-state index in [1.54, 1.807) is 12.5 Å². The first-order valence-electron chi connectivity index (χ1n) is 5.20. The molecular weight excluding hydrogens is 180 g/mol. The van der Waals surface area contributed by atoms with E-state index in [0.717, 1.165) is 18.4 Å². The highest BCUT2D eigenvalue weighted by molar-refractivity contribution is 5.12. The molecule has 14 heavy (non-hydrogen) atoms. The largest absolute Gasteiger partial charge is 0.472 e. The van der Waals surface area contributed by atoms with Crippen LogP contribution in [0.2, 0.25) is 0 Å². The molecule has 2 saturated heterocycles. The van der Waals surface area contributed by atoms with E-state index in [-0.39, 0.29) is 12.0 Å². The van der Waals surface area contributed by atoms with Crippen molar-refractivity contribution in [2.75, 3.05) is 0 Å². The molecule has 2 bridgehead atoms. The van der Waals surface area contributed by atoms with Crippen molar-refractivity contribution in [3.05, 3.63) is 24.2 Å². The maximum Gasteiger partial charge on any atom is 0.0960 e. The van der Waals surface area contributed by atoms with Crippen LogP contribution in [0, 0.1) is 5.92 Å². The van der Waals surface area contributed by atoms with E-state index < -0.39 is 6.10 Å². The Balaban J connectivity index is 1.77. The second-order valence-electron chi connectivity index (χ2n) is 4.27. The highest BCUT2D eigenvalue weighted by Gasteiger charge is 2.44. The quantitative estimate of drug-likeness (QED) is 0.781. The smallest absolute Gasteiger partial charge is 0.0960 e. The second kappa shape index (κ2) is 3.11. The summed E-state index contributed by atoms with van der Waals surface area (Å²) < 4.78 is 10.7. The standard InChI is InChI=1S/C11H14O3/c12-11(7-3-4-13-6-7)9-5-8-1-2-10(9)14-8/h3-4,6,8-12H,1-2,5H2.